The van der Waals surface area contributed by atoms with E-state index in [4.69, 9.17) is 5.73 Å². The van der Waals surface area contributed by atoms with Gasteiger partial charge < -0.3 is 11.1 Å². The number of rotatable bonds is 5. The lowest BCUT2D eigenvalue weighted by Gasteiger charge is -2.26. The predicted molar refractivity (Wildman–Crippen MR) is 90.9 cm³/mol. The summed E-state index contributed by atoms with van der Waals surface area (Å²) in [5.41, 5.74) is 9.60. The lowest BCUT2D eigenvalue weighted by Crippen LogP contribution is -2.36. The first kappa shape index (κ1) is 16.2. The molecule has 3 heteroatoms. The first-order valence-electron chi connectivity index (χ1n) is 7.57. The second-order valence-electron chi connectivity index (χ2n) is 6.34. The summed E-state index contributed by atoms with van der Waals surface area (Å²) in [6.45, 7) is 7.44. The smallest absolute Gasteiger partial charge is 0.251 e. The van der Waals surface area contributed by atoms with Gasteiger partial charge in [0, 0.05) is 24.1 Å². The lowest BCUT2D eigenvalue weighted by molar-refractivity contribution is 0.0945. The summed E-state index contributed by atoms with van der Waals surface area (Å²) >= 11 is 0. The van der Waals surface area contributed by atoms with Gasteiger partial charge >= 0.3 is 0 Å². The average molecular weight is 296 g/mol. The zero-order valence-electron chi connectivity index (χ0n) is 13.5. The Hall–Kier alpha value is -2.13. The van der Waals surface area contributed by atoms with E-state index in [2.05, 4.69) is 50.4 Å². The minimum Gasteiger partial charge on any atom is -0.351 e. The van der Waals surface area contributed by atoms with Crippen molar-refractivity contribution < 1.29 is 4.79 Å². The molecule has 0 aliphatic rings. The van der Waals surface area contributed by atoms with Crippen LogP contribution in [0.5, 0.6) is 0 Å². The van der Waals surface area contributed by atoms with Crippen LogP contribution in [0.25, 0.3) is 0 Å². The van der Waals surface area contributed by atoms with Gasteiger partial charge in [-0.15, -0.1) is 0 Å². The van der Waals surface area contributed by atoms with Crippen LogP contribution in [-0.4, -0.2) is 12.5 Å². The van der Waals surface area contributed by atoms with Crippen LogP contribution in [0.1, 0.15) is 40.9 Å². The summed E-state index contributed by atoms with van der Waals surface area (Å²) in [5.74, 6) is -0.0516. The van der Waals surface area contributed by atoms with Gasteiger partial charge in [0.25, 0.3) is 5.91 Å². The molecule has 0 saturated heterocycles. The third kappa shape index (κ3) is 3.95. The van der Waals surface area contributed by atoms with E-state index in [0.29, 0.717) is 18.7 Å². The normalized spacial score (nSPS) is 11.3. The van der Waals surface area contributed by atoms with Crippen LogP contribution in [0, 0.1) is 6.92 Å². The van der Waals surface area contributed by atoms with Gasteiger partial charge in [0.15, 0.2) is 0 Å². The molecule has 0 atom stereocenters. The summed E-state index contributed by atoms with van der Waals surface area (Å²) < 4.78 is 0. The fourth-order valence-electron chi connectivity index (χ4n) is 2.36. The molecule has 0 radical (unpaired) electrons. The fraction of sp³-hybridized carbons (Fsp3) is 0.316. The van der Waals surface area contributed by atoms with Gasteiger partial charge in [-0.2, -0.15) is 0 Å². The topological polar surface area (TPSA) is 55.1 Å². The maximum absolute atomic E-state index is 12.2. The van der Waals surface area contributed by atoms with E-state index in [1.54, 1.807) is 0 Å². The molecular weight excluding hydrogens is 272 g/mol. The van der Waals surface area contributed by atoms with Crippen molar-refractivity contribution in [2.24, 2.45) is 5.73 Å². The van der Waals surface area contributed by atoms with E-state index in [0.717, 1.165) is 5.56 Å². The Morgan fingerprint density at radius 3 is 2.41 bits per heavy atom. The monoisotopic (exact) mass is 296 g/mol. The largest absolute Gasteiger partial charge is 0.351 e. The highest BCUT2D eigenvalue weighted by Gasteiger charge is 2.21. The number of hydrogen-bond acceptors (Lipinski definition) is 2. The fourth-order valence-corrected chi connectivity index (χ4v) is 2.36. The van der Waals surface area contributed by atoms with Gasteiger partial charge in [0.05, 0.1) is 0 Å². The van der Waals surface area contributed by atoms with Crippen molar-refractivity contribution >= 4 is 5.91 Å². The van der Waals surface area contributed by atoms with Crippen molar-refractivity contribution in [3.05, 3.63) is 70.8 Å². The van der Waals surface area contributed by atoms with E-state index < -0.39 is 0 Å². The molecule has 0 aliphatic heterocycles. The van der Waals surface area contributed by atoms with Crippen LogP contribution >= 0.6 is 0 Å². The minimum atomic E-state index is -0.112. The Morgan fingerprint density at radius 2 is 1.82 bits per heavy atom. The predicted octanol–water partition coefficient (Wildman–Crippen LogP) is 3.16. The van der Waals surface area contributed by atoms with Gasteiger partial charge in [0.1, 0.15) is 0 Å². The molecule has 3 N–H and O–H groups in total. The minimum absolute atomic E-state index is 0.0516. The van der Waals surface area contributed by atoms with Crippen molar-refractivity contribution in [2.75, 3.05) is 6.54 Å². The Labute approximate surface area is 132 Å². The first-order valence-corrected chi connectivity index (χ1v) is 7.57. The molecule has 0 spiro atoms. The summed E-state index contributed by atoms with van der Waals surface area (Å²) in [4.78, 5) is 12.2. The number of hydrogen-bond donors (Lipinski definition) is 2. The zero-order valence-corrected chi connectivity index (χ0v) is 13.5. The molecular formula is C19H24N2O. The molecule has 0 heterocycles. The van der Waals surface area contributed by atoms with E-state index >= 15 is 0 Å². The molecule has 3 nitrogen and oxygen atoms in total. The number of carbonyl (C=O) groups is 1. The Morgan fingerprint density at radius 1 is 1.14 bits per heavy atom. The van der Waals surface area contributed by atoms with Crippen molar-refractivity contribution in [1.29, 1.82) is 0 Å². The molecule has 0 bridgehead atoms. The molecule has 22 heavy (non-hydrogen) atoms. The SMILES string of the molecule is Cc1cccc(C(C)(C)CNC(=O)c2ccc(CN)cc2)c1. The molecule has 116 valence electrons. The molecule has 0 saturated carbocycles. The highest BCUT2D eigenvalue weighted by atomic mass is 16.1. The maximum atomic E-state index is 12.2. The molecule has 2 rings (SSSR count). The number of benzene rings is 2. The Bertz CT molecular complexity index is 645. The molecule has 0 fully saturated rings. The molecule has 0 aromatic heterocycles. The van der Waals surface area contributed by atoms with E-state index in [1.165, 1.54) is 11.1 Å². The summed E-state index contributed by atoms with van der Waals surface area (Å²) in [6.07, 6.45) is 0. The summed E-state index contributed by atoms with van der Waals surface area (Å²) in [6, 6.07) is 15.8. The van der Waals surface area contributed by atoms with E-state index in [-0.39, 0.29) is 11.3 Å². The quantitative estimate of drug-likeness (QED) is 0.890. The number of nitrogens with two attached hydrogens (primary N) is 1. The molecule has 0 unspecified atom stereocenters. The number of carbonyl (C=O) groups excluding carboxylic acids is 1. The molecule has 1 amide bonds. The van der Waals surface area contributed by atoms with Gasteiger partial charge in [-0.1, -0.05) is 55.8 Å². The standard InChI is InChI=1S/C19H24N2O/c1-14-5-4-6-17(11-14)19(2,3)13-21-18(22)16-9-7-15(12-20)8-10-16/h4-11H,12-13,20H2,1-3H3,(H,21,22). The third-order valence-corrected chi connectivity index (χ3v) is 3.94. The third-order valence-electron chi connectivity index (χ3n) is 3.94. The van der Waals surface area contributed by atoms with Crippen LogP contribution in [0.3, 0.4) is 0 Å². The Balaban J connectivity index is 2.02. The van der Waals surface area contributed by atoms with Gasteiger partial charge in [-0.3, -0.25) is 4.79 Å². The van der Waals surface area contributed by atoms with Crippen molar-refractivity contribution in [3.63, 3.8) is 0 Å². The second-order valence-corrected chi connectivity index (χ2v) is 6.34. The number of aryl methyl sites for hydroxylation is 1. The molecule has 2 aromatic carbocycles. The summed E-state index contributed by atoms with van der Waals surface area (Å²) in [5, 5.41) is 3.02. The lowest BCUT2D eigenvalue weighted by atomic mass is 9.84. The van der Waals surface area contributed by atoms with Crippen LogP contribution in [0.15, 0.2) is 48.5 Å². The van der Waals surface area contributed by atoms with Crippen molar-refractivity contribution in [3.8, 4) is 0 Å². The number of nitrogens with one attached hydrogen (secondary N) is 1. The van der Waals surface area contributed by atoms with E-state index in [1.807, 2.05) is 24.3 Å². The molecule has 2 aromatic rings. The highest BCUT2D eigenvalue weighted by Crippen LogP contribution is 2.23. The maximum Gasteiger partial charge on any atom is 0.251 e. The van der Waals surface area contributed by atoms with Gasteiger partial charge in [0.2, 0.25) is 0 Å². The average Bonchev–Trinajstić information content (AvgIpc) is 2.53. The molecule has 0 aliphatic carbocycles. The van der Waals surface area contributed by atoms with Crippen LogP contribution in [0.4, 0.5) is 0 Å². The first-order chi connectivity index (χ1) is 10.4. The van der Waals surface area contributed by atoms with Gasteiger partial charge in [-0.25, -0.2) is 0 Å². The van der Waals surface area contributed by atoms with Crippen LogP contribution in [0.2, 0.25) is 0 Å². The van der Waals surface area contributed by atoms with E-state index in [9.17, 15) is 4.79 Å². The summed E-state index contributed by atoms with van der Waals surface area (Å²) in [7, 11) is 0. The van der Waals surface area contributed by atoms with Crippen LogP contribution < -0.4 is 11.1 Å². The Kier molecular flexibility index (Phi) is 4.99. The van der Waals surface area contributed by atoms with Crippen LogP contribution in [-0.2, 0) is 12.0 Å². The highest BCUT2D eigenvalue weighted by molar-refractivity contribution is 5.94. The van der Waals surface area contributed by atoms with Crippen molar-refractivity contribution in [1.82, 2.24) is 5.32 Å². The van der Waals surface area contributed by atoms with Crippen molar-refractivity contribution in [2.45, 2.75) is 32.7 Å². The van der Waals surface area contributed by atoms with Gasteiger partial charge in [-0.05, 0) is 30.2 Å². The zero-order chi connectivity index (χ0) is 16.2. The second kappa shape index (κ2) is 6.75. The number of amides is 1.